The van der Waals surface area contributed by atoms with Gasteiger partial charge in [-0.1, -0.05) is 12.1 Å². The van der Waals surface area contributed by atoms with E-state index in [1.165, 1.54) is 6.07 Å². The third-order valence-electron chi connectivity index (χ3n) is 2.87. The van der Waals surface area contributed by atoms with E-state index in [0.29, 0.717) is 12.2 Å². The van der Waals surface area contributed by atoms with Gasteiger partial charge in [0.15, 0.2) is 0 Å². The summed E-state index contributed by atoms with van der Waals surface area (Å²) in [6.45, 7) is 2.00. The summed E-state index contributed by atoms with van der Waals surface area (Å²) in [6.07, 6.45) is 0. The zero-order chi connectivity index (χ0) is 12.4. The standard InChI is InChI=1S/C12H15FN2O2/c1-8-6-15(11(7-16)12(17)14-8)10-5-3-2-4-9(10)13/h2-5,8,11,16H,6-7H2,1H3,(H,14,17). The van der Waals surface area contributed by atoms with Crippen molar-refractivity contribution in [3.05, 3.63) is 30.1 Å². The van der Waals surface area contributed by atoms with Gasteiger partial charge in [0.2, 0.25) is 5.91 Å². The molecule has 1 aliphatic heterocycles. The van der Waals surface area contributed by atoms with Crippen LogP contribution in [0.5, 0.6) is 0 Å². The number of nitrogens with one attached hydrogen (secondary N) is 1. The van der Waals surface area contributed by atoms with Crippen molar-refractivity contribution in [2.75, 3.05) is 18.1 Å². The molecule has 0 aromatic heterocycles. The minimum absolute atomic E-state index is 0.0649. The molecule has 17 heavy (non-hydrogen) atoms. The molecule has 0 spiro atoms. The van der Waals surface area contributed by atoms with Crippen LogP contribution in [0.25, 0.3) is 0 Å². The van der Waals surface area contributed by atoms with Crippen LogP contribution in [-0.4, -0.2) is 36.2 Å². The summed E-state index contributed by atoms with van der Waals surface area (Å²) < 4.78 is 13.7. The monoisotopic (exact) mass is 238 g/mol. The number of amides is 1. The highest BCUT2D eigenvalue weighted by Gasteiger charge is 2.33. The maximum Gasteiger partial charge on any atom is 0.245 e. The zero-order valence-electron chi connectivity index (χ0n) is 9.56. The van der Waals surface area contributed by atoms with Gasteiger partial charge in [0, 0.05) is 12.6 Å². The number of carbonyl (C=O) groups is 1. The number of rotatable bonds is 2. The van der Waals surface area contributed by atoms with Gasteiger partial charge in [0.25, 0.3) is 0 Å². The molecule has 4 nitrogen and oxygen atoms in total. The molecule has 2 rings (SSSR count). The fourth-order valence-corrected chi connectivity index (χ4v) is 2.08. The minimum Gasteiger partial charge on any atom is -0.394 e. The quantitative estimate of drug-likeness (QED) is 0.789. The smallest absolute Gasteiger partial charge is 0.245 e. The number of halogens is 1. The topological polar surface area (TPSA) is 52.6 Å². The Morgan fingerprint density at radius 2 is 2.24 bits per heavy atom. The van der Waals surface area contributed by atoms with Crippen LogP contribution in [0, 0.1) is 5.82 Å². The molecule has 1 aromatic rings. The van der Waals surface area contributed by atoms with E-state index in [1.807, 2.05) is 6.92 Å². The van der Waals surface area contributed by atoms with Crippen molar-refractivity contribution in [2.24, 2.45) is 0 Å². The molecule has 92 valence electrons. The molecule has 1 amide bonds. The second-order valence-corrected chi connectivity index (χ2v) is 4.21. The van der Waals surface area contributed by atoms with Crippen molar-refractivity contribution in [3.8, 4) is 0 Å². The number of aliphatic hydroxyl groups excluding tert-OH is 1. The lowest BCUT2D eigenvalue weighted by Gasteiger charge is -2.39. The molecular formula is C12H15FN2O2. The molecule has 0 radical (unpaired) electrons. The van der Waals surface area contributed by atoms with E-state index in [4.69, 9.17) is 0 Å². The Hall–Kier alpha value is -1.62. The van der Waals surface area contributed by atoms with Gasteiger partial charge in [-0.25, -0.2) is 4.39 Å². The summed E-state index contributed by atoms with van der Waals surface area (Å²) in [5.41, 5.74) is 0.355. The molecule has 1 aromatic carbocycles. The van der Waals surface area contributed by atoms with E-state index in [1.54, 1.807) is 23.1 Å². The Balaban J connectivity index is 2.34. The largest absolute Gasteiger partial charge is 0.394 e. The van der Waals surface area contributed by atoms with Crippen LogP contribution in [0.3, 0.4) is 0 Å². The molecule has 0 saturated carbocycles. The Morgan fingerprint density at radius 1 is 1.53 bits per heavy atom. The lowest BCUT2D eigenvalue weighted by molar-refractivity contribution is -0.125. The number of aliphatic hydroxyl groups is 1. The van der Waals surface area contributed by atoms with E-state index in [9.17, 15) is 14.3 Å². The summed E-state index contributed by atoms with van der Waals surface area (Å²) in [6, 6.07) is 5.49. The number of anilines is 1. The van der Waals surface area contributed by atoms with Gasteiger partial charge in [0.1, 0.15) is 11.9 Å². The van der Waals surface area contributed by atoms with Crippen molar-refractivity contribution in [1.82, 2.24) is 5.32 Å². The number of para-hydroxylation sites is 1. The average Bonchev–Trinajstić information content (AvgIpc) is 2.28. The SMILES string of the molecule is CC1CN(c2ccccc2F)C(CO)C(=O)N1. The fraction of sp³-hybridized carbons (Fsp3) is 0.417. The van der Waals surface area contributed by atoms with Crippen LogP contribution in [0.1, 0.15) is 6.92 Å². The van der Waals surface area contributed by atoms with E-state index >= 15 is 0 Å². The third-order valence-corrected chi connectivity index (χ3v) is 2.87. The van der Waals surface area contributed by atoms with Gasteiger partial charge >= 0.3 is 0 Å². The summed E-state index contributed by atoms with van der Waals surface area (Å²) in [4.78, 5) is 13.3. The second kappa shape index (κ2) is 4.71. The highest BCUT2D eigenvalue weighted by atomic mass is 19.1. The van der Waals surface area contributed by atoms with E-state index in [0.717, 1.165) is 0 Å². The number of benzene rings is 1. The Bertz CT molecular complexity index is 425. The minimum atomic E-state index is -0.719. The van der Waals surface area contributed by atoms with Crippen molar-refractivity contribution in [1.29, 1.82) is 0 Å². The van der Waals surface area contributed by atoms with Gasteiger partial charge in [-0.3, -0.25) is 4.79 Å². The Morgan fingerprint density at radius 3 is 2.88 bits per heavy atom. The van der Waals surface area contributed by atoms with Crippen molar-refractivity contribution >= 4 is 11.6 Å². The molecule has 2 atom stereocenters. The molecule has 0 aliphatic carbocycles. The van der Waals surface area contributed by atoms with Gasteiger partial charge in [-0.15, -0.1) is 0 Å². The first-order valence-electron chi connectivity index (χ1n) is 5.56. The number of nitrogens with zero attached hydrogens (tertiary/aromatic N) is 1. The number of carbonyl (C=O) groups excluding carboxylic acids is 1. The molecule has 2 unspecified atom stereocenters. The number of piperazine rings is 1. The highest BCUT2D eigenvalue weighted by molar-refractivity contribution is 5.87. The average molecular weight is 238 g/mol. The van der Waals surface area contributed by atoms with Gasteiger partial charge in [0.05, 0.1) is 12.3 Å². The summed E-state index contributed by atoms with van der Waals surface area (Å²) in [5.74, 6) is -0.651. The van der Waals surface area contributed by atoms with E-state index < -0.39 is 6.04 Å². The number of hydrogen-bond acceptors (Lipinski definition) is 3. The van der Waals surface area contributed by atoms with Crippen molar-refractivity contribution in [3.63, 3.8) is 0 Å². The first-order valence-corrected chi connectivity index (χ1v) is 5.56. The lowest BCUT2D eigenvalue weighted by Crippen LogP contribution is -2.60. The lowest BCUT2D eigenvalue weighted by atomic mass is 10.1. The molecule has 1 saturated heterocycles. The zero-order valence-corrected chi connectivity index (χ0v) is 9.56. The predicted molar refractivity (Wildman–Crippen MR) is 62.2 cm³/mol. The van der Waals surface area contributed by atoms with Gasteiger partial charge in [-0.05, 0) is 19.1 Å². The molecule has 5 heteroatoms. The third kappa shape index (κ3) is 2.24. The van der Waals surface area contributed by atoms with Crippen LogP contribution in [0.4, 0.5) is 10.1 Å². The van der Waals surface area contributed by atoms with Crippen LogP contribution in [0.15, 0.2) is 24.3 Å². The normalized spacial score (nSPS) is 24.6. The fourth-order valence-electron chi connectivity index (χ4n) is 2.08. The van der Waals surface area contributed by atoms with Crippen molar-refractivity contribution < 1.29 is 14.3 Å². The first-order chi connectivity index (χ1) is 8.13. The molecule has 0 bridgehead atoms. The highest BCUT2D eigenvalue weighted by Crippen LogP contribution is 2.23. The van der Waals surface area contributed by atoms with E-state index in [-0.39, 0.29) is 24.4 Å². The molecule has 1 heterocycles. The molecule has 2 N–H and O–H groups in total. The maximum absolute atomic E-state index is 13.7. The van der Waals surface area contributed by atoms with Crippen LogP contribution in [0.2, 0.25) is 0 Å². The molecule has 1 aliphatic rings. The van der Waals surface area contributed by atoms with E-state index in [2.05, 4.69) is 5.32 Å². The summed E-state index contributed by atoms with van der Waals surface area (Å²) >= 11 is 0. The van der Waals surface area contributed by atoms with Crippen LogP contribution >= 0.6 is 0 Å². The van der Waals surface area contributed by atoms with Crippen LogP contribution in [-0.2, 0) is 4.79 Å². The second-order valence-electron chi connectivity index (χ2n) is 4.21. The van der Waals surface area contributed by atoms with Gasteiger partial charge < -0.3 is 15.3 Å². The summed E-state index contributed by atoms with van der Waals surface area (Å²) in [7, 11) is 0. The van der Waals surface area contributed by atoms with Gasteiger partial charge in [-0.2, -0.15) is 0 Å². The Labute approximate surface area is 99.0 Å². The Kier molecular flexibility index (Phi) is 3.28. The molecule has 1 fully saturated rings. The predicted octanol–water partition coefficient (Wildman–Crippen LogP) is 0.511. The van der Waals surface area contributed by atoms with Crippen LogP contribution < -0.4 is 10.2 Å². The first kappa shape index (κ1) is 11.9. The van der Waals surface area contributed by atoms with Crippen molar-refractivity contribution in [2.45, 2.75) is 19.0 Å². The molecular weight excluding hydrogens is 223 g/mol. The maximum atomic E-state index is 13.7. The number of hydrogen-bond donors (Lipinski definition) is 2. The summed E-state index contributed by atoms with van der Waals surface area (Å²) in [5, 5.41) is 12.0.